The third-order valence-corrected chi connectivity index (χ3v) is 9.31. The molecule has 1 fully saturated rings. The van der Waals surface area contributed by atoms with Crippen LogP contribution in [0.4, 0.5) is 0 Å². The SMILES string of the molecule is CCCCCCCCCCCCCCNS(=O)(=O)C1C2C=CC13CC(=O)C=CC3C2=O. The fraction of sp³-hybridized carbons (Fsp3) is 0.760. The summed E-state index contributed by atoms with van der Waals surface area (Å²) in [6, 6.07) is 0. The molecule has 174 valence electrons. The maximum absolute atomic E-state index is 13.1. The number of hydrogen-bond acceptors (Lipinski definition) is 4. The Morgan fingerprint density at radius 2 is 1.48 bits per heavy atom. The van der Waals surface area contributed by atoms with E-state index in [1.165, 1.54) is 63.9 Å². The molecule has 0 aromatic heterocycles. The average molecular weight is 450 g/mol. The number of hydrogen-bond donors (Lipinski definition) is 1. The molecule has 0 saturated heterocycles. The molecule has 3 rings (SSSR count). The molecule has 2 bridgehead atoms. The van der Waals surface area contributed by atoms with Gasteiger partial charge in [0.1, 0.15) is 5.78 Å². The van der Waals surface area contributed by atoms with Crippen LogP contribution in [0.15, 0.2) is 24.3 Å². The van der Waals surface area contributed by atoms with Crippen LogP contribution in [0.2, 0.25) is 0 Å². The number of fused-ring (bicyclic) bond motifs is 1. The van der Waals surface area contributed by atoms with Gasteiger partial charge in [-0.1, -0.05) is 95.8 Å². The predicted octanol–water partition coefficient (Wildman–Crippen LogP) is 4.88. The number of carbonyl (C=O) groups is 2. The molecule has 0 radical (unpaired) electrons. The highest BCUT2D eigenvalue weighted by molar-refractivity contribution is 7.90. The van der Waals surface area contributed by atoms with Crippen molar-refractivity contribution in [2.24, 2.45) is 17.3 Å². The van der Waals surface area contributed by atoms with Gasteiger partial charge in [0.15, 0.2) is 5.78 Å². The van der Waals surface area contributed by atoms with E-state index in [4.69, 9.17) is 0 Å². The van der Waals surface area contributed by atoms with Gasteiger partial charge >= 0.3 is 0 Å². The van der Waals surface area contributed by atoms with E-state index in [1.807, 2.05) is 6.08 Å². The van der Waals surface area contributed by atoms with Gasteiger partial charge in [0.05, 0.1) is 11.2 Å². The van der Waals surface area contributed by atoms with Crippen molar-refractivity contribution < 1.29 is 18.0 Å². The second-order valence-electron chi connectivity index (χ2n) is 9.63. The molecule has 3 aliphatic rings. The van der Waals surface area contributed by atoms with Crippen LogP contribution in [0, 0.1) is 17.3 Å². The standard InChI is InChI=1S/C25H39NO4S/c1-2-3-4-5-6-7-8-9-10-11-12-13-18-26-31(29,30)24-21-16-17-25(24)19-20(27)14-15-22(25)23(21)28/h14-17,21-22,24,26H,2-13,18-19H2,1H3. The minimum atomic E-state index is -3.67. The Kier molecular flexibility index (Phi) is 8.68. The summed E-state index contributed by atoms with van der Waals surface area (Å²) in [5.41, 5.74) is -0.879. The Bertz CT molecular complexity index is 800. The Morgan fingerprint density at radius 3 is 2.10 bits per heavy atom. The van der Waals surface area contributed by atoms with Gasteiger partial charge in [-0.3, -0.25) is 9.59 Å². The molecule has 0 aromatic carbocycles. The molecule has 3 aliphatic carbocycles. The molecule has 1 spiro atoms. The molecule has 1 saturated carbocycles. The topological polar surface area (TPSA) is 80.3 Å². The van der Waals surface area contributed by atoms with E-state index in [-0.39, 0.29) is 18.0 Å². The first-order valence-electron chi connectivity index (χ1n) is 12.3. The van der Waals surface area contributed by atoms with E-state index in [0.717, 1.165) is 19.3 Å². The maximum Gasteiger partial charge on any atom is 0.216 e. The van der Waals surface area contributed by atoms with Gasteiger partial charge in [-0.2, -0.15) is 0 Å². The Hall–Kier alpha value is -1.27. The molecule has 0 amide bonds. The molecule has 0 aromatic rings. The second kappa shape index (κ2) is 11.0. The summed E-state index contributed by atoms with van der Waals surface area (Å²) in [6.07, 6.45) is 21.5. The molecule has 0 aliphatic heterocycles. The first kappa shape index (κ1) is 24.4. The summed E-state index contributed by atoms with van der Waals surface area (Å²) in [4.78, 5) is 24.6. The van der Waals surface area contributed by atoms with Crippen molar-refractivity contribution in [3.63, 3.8) is 0 Å². The molecule has 5 nitrogen and oxygen atoms in total. The van der Waals surface area contributed by atoms with E-state index >= 15 is 0 Å². The number of Topliss-reactive ketones (excluding diaryl/α,β-unsaturated/α-hetero) is 1. The summed E-state index contributed by atoms with van der Waals surface area (Å²) in [7, 11) is -3.67. The number of ketones is 2. The fourth-order valence-electron chi connectivity index (χ4n) is 5.67. The summed E-state index contributed by atoms with van der Waals surface area (Å²) in [6.45, 7) is 2.65. The first-order chi connectivity index (χ1) is 14.9. The molecular formula is C25H39NO4S. The zero-order valence-corrected chi connectivity index (χ0v) is 19.8. The zero-order chi connectivity index (χ0) is 22.3. The van der Waals surface area contributed by atoms with Crippen molar-refractivity contribution in [1.29, 1.82) is 0 Å². The highest BCUT2D eigenvalue weighted by Gasteiger charge is 2.66. The van der Waals surface area contributed by atoms with Crippen molar-refractivity contribution in [1.82, 2.24) is 4.72 Å². The lowest BCUT2D eigenvalue weighted by Crippen LogP contribution is -2.46. The van der Waals surface area contributed by atoms with Crippen LogP contribution < -0.4 is 4.72 Å². The second-order valence-corrected chi connectivity index (χ2v) is 11.5. The lowest BCUT2D eigenvalue weighted by molar-refractivity contribution is -0.123. The highest BCUT2D eigenvalue weighted by Crippen LogP contribution is 2.57. The summed E-state index contributed by atoms with van der Waals surface area (Å²) < 4.78 is 28.9. The smallest absolute Gasteiger partial charge is 0.216 e. The largest absolute Gasteiger partial charge is 0.298 e. The fourth-order valence-corrected chi connectivity index (χ4v) is 7.78. The van der Waals surface area contributed by atoms with Crippen LogP contribution in [-0.4, -0.2) is 31.8 Å². The van der Waals surface area contributed by atoms with Gasteiger partial charge in [-0.15, -0.1) is 0 Å². The van der Waals surface area contributed by atoms with E-state index in [2.05, 4.69) is 11.6 Å². The first-order valence-corrected chi connectivity index (χ1v) is 13.9. The van der Waals surface area contributed by atoms with Gasteiger partial charge in [0.2, 0.25) is 10.0 Å². The van der Waals surface area contributed by atoms with Crippen LogP contribution in [-0.2, 0) is 19.6 Å². The quantitative estimate of drug-likeness (QED) is 0.285. The Morgan fingerprint density at radius 1 is 0.903 bits per heavy atom. The minimum absolute atomic E-state index is 0.0630. The van der Waals surface area contributed by atoms with Crippen LogP contribution in [0.3, 0.4) is 0 Å². The van der Waals surface area contributed by atoms with E-state index in [9.17, 15) is 18.0 Å². The predicted molar refractivity (Wildman–Crippen MR) is 124 cm³/mol. The van der Waals surface area contributed by atoms with Crippen LogP contribution >= 0.6 is 0 Å². The Labute approximate surface area is 188 Å². The normalized spacial score (nSPS) is 29.1. The van der Waals surface area contributed by atoms with E-state index < -0.39 is 32.5 Å². The van der Waals surface area contributed by atoms with Gasteiger partial charge in [-0.25, -0.2) is 13.1 Å². The molecule has 6 heteroatoms. The number of allylic oxidation sites excluding steroid dienone is 4. The minimum Gasteiger partial charge on any atom is -0.298 e. The van der Waals surface area contributed by atoms with Gasteiger partial charge in [0, 0.05) is 24.3 Å². The molecule has 31 heavy (non-hydrogen) atoms. The van der Waals surface area contributed by atoms with E-state index in [0.29, 0.717) is 6.54 Å². The number of rotatable bonds is 15. The molecule has 4 atom stereocenters. The van der Waals surface area contributed by atoms with Crippen molar-refractivity contribution in [3.8, 4) is 0 Å². The molecule has 4 unspecified atom stereocenters. The monoisotopic (exact) mass is 449 g/mol. The number of sulfonamides is 1. The number of nitrogens with one attached hydrogen (secondary N) is 1. The van der Waals surface area contributed by atoms with Gasteiger partial charge < -0.3 is 0 Å². The summed E-state index contributed by atoms with van der Waals surface area (Å²) in [5.74, 6) is -1.27. The maximum atomic E-state index is 13.1. The Balaban J connectivity index is 1.33. The lowest BCUT2D eigenvalue weighted by Gasteiger charge is -2.35. The molecule has 0 heterocycles. The van der Waals surface area contributed by atoms with Crippen molar-refractivity contribution in [2.45, 2.75) is 95.6 Å². The van der Waals surface area contributed by atoms with Crippen LogP contribution in [0.1, 0.15) is 90.4 Å². The number of carbonyl (C=O) groups excluding carboxylic acids is 2. The molecular weight excluding hydrogens is 410 g/mol. The summed E-state index contributed by atoms with van der Waals surface area (Å²) >= 11 is 0. The lowest BCUT2D eigenvalue weighted by atomic mass is 9.71. The van der Waals surface area contributed by atoms with Gasteiger partial charge in [-0.05, 0) is 12.5 Å². The van der Waals surface area contributed by atoms with Crippen molar-refractivity contribution >= 4 is 21.6 Å². The highest BCUT2D eigenvalue weighted by atomic mass is 32.2. The van der Waals surface area contributed by atoms with Crippen molar-refractivity contribution in [2.75, 3.05) is 6.54 Å². The van der Waals surface area contributed by atoms with E-state index in [1.54, 1.807) is 12.2 Å². The summed E-state index contributed by atoms with van der Waals surface area (Å²) in [5, 5.41) is -0.844. The third-order valence-electron chi connectivity index (χ3n) is 7.31. The molecule has 1 N–H and O–H groups in total. The average Bonchev–Trinajstić information content (AvgIpc) is 3.21. The number of unbranched alkanes of at least 4 members (excludes halogenated alkanes) is 11. The van der Waals surface area contributed by atoms with Crippen LogP contribution in [0.25, 0.3) is 0 Å². The third kappa shape index (κ3) is 5.57. The van der Waals surface area contributed by atoms with Crippen molar-refractivity contribution in [3.05, 3.63) is 24.3 Å². The zero-order valence-electron chi connectivity index (χ0n) is 19.0. The van der Waals surface area contributed by atoms with Gasteiger partial charge in [0.25, 0.3) is 0 Å². The van der Waals surface area contributed by atoms with Crippen LogP contribution in [0.5, 0.6) is 0 Å².